The van der Waals surface area contributed by atoms with Crippen molar-refractivity contribution in [3.63, 3.8) is 0 Å². The summed E-state index contributed by atoms with van der Waals surface area (Å²) < 4.78 is 1.75. The first-order valence-corrected chi connectivity index (χ1v) is 7.52. The van der Waals surface area contributed by atoms with Crippen LogP contribution in [-0.2, 0) is 19.2 Å². The maximum Gasteiger partial charge on any atom is 0.0833 e. The van der Waals surface area contributed by atoms with Crippen molar-refractivity contribution in [2.45, 2.75) is 18.2 Å². The third-order valence-corrected chi connectivity index (χ3v) is 5.35. The molecule has 3 rings (SSSR count). The lowest BCUT2D eigenvalue weighted by Crippen LogP contribution is -2.14. The molecule has 3 heterocycles. The molecule has 1 aliphatic heterocycles. The third kappa shape index (κ3) is 2.00. The highest BCUT2D eigenvalue weighted by atomic mass is 32.2. The fraction of sp³-hybridized carbons (Fsp3) is 0.455. The Kier molecular flexibility index (Phi) is 2.94. The van der Waals surface area contributed by atoms with Crippen molar-refractivity contribution in [2.24, 2.45) is 12.8 Å². The van der Waals surface area contributed by atoms with Crippen LogP contribution in [0.5, 0.6) is 0 Å². The molecule has 0 aliphatic carbocycles. The van der Waals surface area contributed by atoms with Crippen LogP contribution in [0.15, 0.2) is 12.3 Å². The molecule has 6 heteroatoms. The Balaban J connectivity index is 1.94. The monoisotopic (exact) mass is 266 g/mol. The van der Waals surface area contributed by atoms with E-state index < -0.39 is 0 Å². The van der Waals surface area contributed by atoms with E-state index in [0.717, 1.165) is 11.4 Å². The van der Waals surface area contributed by atoms with Crippen molar-refractivity contribution in [1.82, 2.24) is 15.0 Å². The molecule has 0 saturated heterocycles. The number of fused-ring (bicyclic) bond motifs is 1. The lowest BCUT2D eigenvalue weighted by molar-refractivity contribution is 0.654. The van der Waals surface area contributed by atoms with Gasteiger partial charge in [-0.2, -0.15) is 11.8 Å². The Labute approximate surface area is 108 Å². The summed E-state index contributed by atoms with van der Waals surface area (Å²) in [6.45, 7) is 0. The first-order valence-electron chi connectivity index (χ1n) is 5.55. The van der Waals surface area contributed by atoms with Crippen LogP contribution in [-0.4, -0.2) is 20.7 Å². The van der Waals surface area contributed by atoms with Crippen molar-refractivity contribution < 1.29 is 0 Å². The van der Waals surface area contributed by atoms with Gasteiger partial charge in [0.05, 0.1) is 17.9 Å². The smallest absolute Gasteiger partial charge is 0.0833 e. The largest absolute Gasteiger partial charge is 0.318 e. The van der Waals surface area contributed by atoms with Gasteiger partial charge in [0, 0.05) is 22.6 Å². The maximum atomic E-state index is 6.28. The summed E-state index contributed by atoms with van der Waals surface area (Å²) in [5, 5.41) is 7.82. The van der Waals surface area contributed by atoms with Gasteiger partial charge >= 0.3 is 0 Å². The molecule has 0 bridgehead atoms. The number of thiophene rings is 1. The van der Waals surface area contributed by atoms with Gasteiger partial charge in [-0.25, -0.2) is 0 Å². The van der Waals surface area contributed by atoms with E-state index in [9.17, 15) is 0 Å². The Morgan fingerprint density at radius 1 is 1.53 bits per heavy atom. The molecule has 4 nitrogen and oxygen atoms in total. The Morgan fingerprint density at radius 2 is 2.41 bits per heavy atom. The number of nitrogens with two attached hydrogens (primary N) is 1. The Bertz CT molecular complexity index is 508. The second kappa shape index (κ2) is 4.44. The second-order valence-corrected chi connectivity index (χ2v) is 6.43. The highest BCUT2D eigenvalue weighted by Gasteiger charge is 2.20. The van der Waals surface area contributed by atoms with Crippen molar-refractivity contribution in [2.75, 3.05) is 5.75 Å². The molecule has 0 radical (unpaired) electrons. The number of nitrogens with zero attached hydrogens (tertiary/aromatic N) is 3. The summed E-state index contributed by atoms with van der Waals surface area (Å²) >= 11 is 3.84. The quantitative estimate of drug-likeness (QED) is 0.899. The zero-order chi connectivity index (χ0) is 11.8. The molecule has 0 fully saturated rings. The van der Waals surface area contributed by atoms with Crippen LogP contribution in [0.25, 0.3) is 0 Å². The first kappa shape index (κ1) is 11.3. The van der Waals surface area contributed by atoms with E-state index in [4.69, 9.17) is 5.73 Å². The SMILES string of the molecule is Cn1nncc1C(N)c1cc2c(s1)CCSC2. The molecule has 2 aromatic rings. The van der Waals surface area contributed by atoms with E-state index in [0.29, 0.717) is 0 Å². The van der Waals surface area contributed by atoms with E-state index in [2.05, 4.69) is 16.4 Å². The first-order chi connectivity index (χ1) is 8.25. The van der Waals surface area contributed by atoms with Crippen molar-refractivity contribution in [3.05, 3.63) is 33.3 Å². The minimum atomic E-state index is -0.101. The molecule has 0 spiro atoms. The van der Waals surface area contributed by atoms with Crippen LogP contribution in [0.2, 0.25) is 0 Å². The fourth-order valence-corrected chi connectivity index (χ4v) is 4.44. The number of rotatable bonds is 2. The molecule has 0 aromatic carbocycles. The van der Waals surface area contributed by atoms with Gasteiger partial charge < -0.3 is 5.73 Å². The van der Waals surface area contributed by atoms with Gasteiger partial charge in [0.1, 0.15) is 0 Å². The predicted octanol–water partition coefficient (Wildman–Crippen LogP) is 1.71. The van der Waals surface area contributed by atoms with E-state index in [-0.39, 0.29) is 6.04 Å². The van der Waals surface area contributed by atoms with E-state index >= 15 is 0 Å². The summed E-state index contributed by atoms with van der Waals surface area (Å²) in [6.07, 6.45) is 2.93. The number of aryl methyl sites for hydroxylation is 2. The molecular formula is C11H14N4S2. The van der Waals surface area contributed by atoms with Crippen molar-refractivity contribution in [3.8, 4) is 0 Å². The summed E-state index contributed by atoms with van der Waals surface area (Å²) in [6, 6.07) is 2.15. The minimum absolute atomic E-state index is 0.101. The second-order valence-electron chi connectivity index (χ2n) is 4.16. The van der Waals surface area contributed by atoms with E-state index in [1.54, 1.807) is 10.9 Å². The van der Waals surface area contributed by atoms with Crippen LogP contribution in [0.3, 0.4) is 0 Å². The standard InChI is InChI=1S/C11H14N4S2/c1-15-8(5-13-14-15)11(12)10-4-7-6-16-3-2-9(7)17-10/h4-5,11H,2-3,6,12H2,1H3. The van der Waals surface area contributed by atoms with Gasteiger partial charge in [-0.1, -0.05) is 5.21 Å². The normalized spacial score (nSPS) is 16.8. The van der Waals surface area contributed by atoms with Crippen molar-refractivity contribution >= 4 is 23.1 Å². The van der Waals surface area contributed by atoms with Gasteiger partial charge in [0.2, 0.25) is 0 Å². The highest BCUT2D eigenvalue weighted by molar-refractivity contribution is 7.98. The lowest BCUT2D eigenvalue weighted by Gasteiger charge is -2.08. The van der Waals surface area contributed by atoms with Crippen LogP contribution >= 0.6 is 23.1 Å². The number of hydrogen-bond donors (Lipinski definition) is 1. The maximum absolute atomic E-state index is 6.28. The summed E-state index contributed by atoms with van der Waals surface area (Å²) in [5.74, 6) is 2.36. The molecule has 0 amide bonds. The van der Waals surface area contributed by atoms with Crippen molar-refractivity contribution in [1.29, 1.82) is 0 Å². The van der Waals surface area contributed by atoms with E-state index in [1.807, 2.05) is 30.1 Å². The molecule has 1 aliphatic rings. The molecule has 0 saturated carbocycles. The van der Waals surface area contributed by atoms with Gasteiger partial charge in [-0.05, 0) is 23.8 Å². The zero-order valence-corrected chi connectivity index (χ0v) is 11.2. The third-order valence-electron chi connectivity index (χ3n) is 3.02. The summed E-state index contributed by atoms with van der Waals surface area (Å²) in [5.41, 5.74) is 8.71. The van der Waals surface area contributed by atoms with Gasteiger partial charge in [-0.15, -0.1) is 16.4 Å². The average Bonchev–Trinajstić information content (AvgIpc) is 2.93. The van der Waals surface area contributed by atoms with Gasteiger partial charge in [0.15, 0.2) is 0 Å². The highest BCUT2D eigenvalue weighted by Crippen LogP contribution is 2.35. The molecule has 17 heavy (non-hydrogen) atoms. The number of aromatic nitrogens is 3. The lowest BCUT2D eigenvalue weighted by atomic mass is 10.1. The molecular weight excluding hydrogens is 252 g/mol. The number of thioether (sulfide) groups is 1. The molecule has 1 unspecified atom stereocenters. The van der Waals surface area contributed by atoms with Gasteiger partial charge in [-0.3, -0.25) is 4.68 Å². The molecule has 2 aromatic heterocycles. The minimum Gasteiger partial charge on any atom is -0.318 e. The average molecular weight is 266 g/mol. The van der Waals surface area contributed by atoms with Gasteiger partial charge in [0.25, 0.3) is 0 Å². The summed E-state index contributed by atoms with van der Waals surface area (Å²) in [4.78, 5) is 2.73. The Hall–Kier alpha value is -0.850. The van der Waals surface area contributed by atoms with Crippen LogP contribution in [0, 0.1) is 0 Å². The van der Waals surface area contributed by atoms with Crippen LogP contribution in [0.1, 0.15) is 27.1 Å². The molecule has 90 valence electrons. The molecule has 1 atom stereocenters. The van der Waals surface area contributed by atoms with Crippen LogP contribution < -0.4 is 5.73 Å². The molecule has 2 N–H and O–H groups in total. The summed E-state index contributed by atoms with van der Waals surface area (Å²) in [7, 11) is 1.88. The Morgan fingerprint density at radius 3 is 3.12 bits per heavy atom. The number of hydrogen-bond acceptors (Lipinski definition) is 5. The van der Waals surface area contributed by atoms with Crippen LogP contribution in [0.4, 0.5) is 0 Å². The zero-order valence-electron chi connectivity index (χ0n) is 9.59. The fourth-order valence-electron chi connectivity index (χ4n) is 2.05. The predicted molar refractivity (Wildman–Crippen MR) is 71.2 cm³/mol. The topological polar surface area (TPSA) is 56.7 Å². The van der Waals surface area contributed by atoms with E-state index in [1.165, 1.54) is 27.5 Å².